The van der Waals surface area contributed by atoms with Gasteiger partial charge in [-0.25, -0.2) is 0 Å². The summed E-state index contributed by atoms with van der Waals surface area (Å²) in [5.41, 5.74) is 0.563. The summed E-state index contributed by atoms with van der Waals surface area (Å²) in [6.07, 6.45) is -0.401. The molecule has 0 saturated carbocycles. The number of hydrogen-bond acceptors (Lipinski definition) is 5. The maximum absolute atomic E-state index is 11.8. The van der Waals surface area contributed by atoms with Crippen LogP contribution in [0.4, 0.5) is 0 Å². The molecule has 7 heteroatoms. The predicted octanol–water partition coefficient (Wildman–Crippen LogP) is 0.683. The number of carbonyl (C=O) groups excluding carboxylic acids is 2. The predicted molar refractivity (Wildman–Crippen MR) is 76.3 cm³/mol. The Kier molecular flexibility index (Phi) is 5.93. The van der Waals surface area contributed by atoms with Gasteiger partial charge < -0.3 is 15.7 Å². The van der Waals surface area contributed by atoms with E-state index in [1.54, 1.807) is 11.4 Å². The molecule has 1 saturated heterocycles. The van der Waals surface area contributed by atoms with Crippen molar-refractivity contribution < 1.29 is 14.7 Å². The second-order valence-corrected chi connectivity index (χ2v) is 5.36. The first-order valence-corrected chi connectivity index (χ1v) is 6.72. The number of nitrogens with one attached hydrogen (secondary N) is 2. The van der Waals surface area contributed by atoms with Crippen LogP contribution in [-0.4, -0.2) is 42.5 Å². The molecular weight excluding hydrogens is 288 g/mol. The van der Waals surface area contributed by atoms with Crippen molar-refractivity contribution in [2.24, 2.45) is 5.92 Å². The van der Waals surface area contributed by atoms with Crippen molar-refractivity contribution in [3.63, 3.8) is 0 Å². The van der Waals surface area contributed by atoms with E-state index < -0.39 is 6.10 Å². The number of thiophene rings is 1. The van der Waals surface area contributed by atoms with Gasteiger partial charge in [-0.1, -0.05) is 0 Å². The molecule has 0 aromatic carbocycles. The van der Waals surface area contributed by atoms with Gasteiger partial charge in [-0.3, -0.25) is 9.59 Å². The number of Topliss-reactive ketones (excluding diaryl/α,β-unsaturated/α-hetero) is 1. The van der Waals surface area contributed by atoms with Crippen LogP contribution in [0.1, 0.15) is 27.0 Å². The normalized spacial score (nSPS) is 21.8. The van der Waals surface area contributed by atoms with Crippen molar-refractivity contribution in [3.05, 3.63) is 21.9 Å². The lowest BCUT2D eigenvalue weighted by molar-refractivity contribution is 0.0931. The van der Waals surface area contributed by atoms with Gasteiger partial charge in [0.25, 0.3) is 5.91 Å². The van der Waals surface area contributed by atoms with Crippen molar-refractivity contribution in [1.29, 1.82) is 0 Å². The molecule has 2 heterocycles. The number of aliphatic hydroxyl groups is 1. The summed E-state index contributed by atoms with van der Waals surface area (Å²) >= 11 is 1.26. The third-order valence-electron chi connectivity index (χ3n) is 3.06. The minimum atomic E-state index is -0.401. The highest BCUT2D eigenvalue weighted by atomic mass is 35.5. The minimum Gasteiger partial charge on any atom is -0.391 e. The average molecular weight is 305 g/mol. The average Bonchev–Trinajstić information content (AvgIpc) is 2.94. The molecule has 1 aliphatic heterocycles. The van der Waals surface area contributed by atoms with E-state index in [0.29, 0.717) is 30.1 Å². The van der Waals surface area contributed by atoms with Crippen molar-refractivity contribution in [1.82, 2.24) is 10.6 Å². The van der Waals surface area contributed by atoms with Crippen molar-refractivity contribution in [2.75, 3.05) is 19.6 Å². The van der Waals surface area contributed by atoms with E-state index in [4.69, 9.17) is 0 Å². The first-order valence-electron chi connectivity index (χ1n) is 5.84. The summed E-state index contributed by atoms with van der Waals surface area (Å²) in [6.45, 7) is 3.21. The molecule has 1 fully saturated rings. The third kappa shape index (κ3) is 4.01. The van der Waals surface area contributed by atoms with Crippen LogP contribution in [0.2, 0.25) is 0 Å². The Morgan fingerprint density at radius 2 is 2.26 bits per heavy atom. The topological polar surface area (TPSA) is 78.4 Å². The van der Waals surface area contributed by atoms with Gasteiger partial charge in [0, 0.05) is 36.5 Å². The molecule has 0 aliphatic carbocycles. The SMILES string of the molecule is CC(=O)c1csc(C(=O)NCC2CNCC2O)c1.Cl. The molecule has 1 aliphatic rings. The van der Waals surface area contributed by atoms with Gasteiger partial charge in [-0.15, -0.1) is 23.7 Å². The number of carbonyl (C=O) groups is 2. The van der Waals surface area contributed by atoms with Crippen LogP contribution in [0.25, 0.3) is 0 Å². The highest BCUT2D eigenvalue weighted by Crippen LogP contribution is 2.15. The quantitative estimate of drug-likeness (QED) is 0.715. The molecule has 1 aromatic rings. The molecule has 3 N–H and O–H groups in total. The fourth-order valence-corrected chi connectivity index (χ4v) is 2.74. The molecular formula is C12H17ClN2O3S. The number of ketones is 1. The van der Waals surface area contributed by atoms with Gasteiger partial charge in [-0.2, -0.15) is 0 Å². The molecule has 1 aromatic heterocycles. The number of halogens is 1. The lowest BCUT2D eigenvalue weighted by Crippen LogP contribution is -2.34. The van der Waals surface area contributed by atoms with Crippen molar-refractivity contribution in [3.8, 4) is 0 Å². The Morgan fingerprint density at radius 1 is 1.53 bits per heavy atom. The number of amides is 1. The summed E-state index contributed by atoms with van der Waals surface area (Å²) in [7, 11) is 0. The molecule has 2 atom stereocenters. The van der Waals surface area contributed by atoms with Gasteiger partial charge in [0.15, 0.2) is 5.78 Å². The lowest BCUT2D eigenvalue weighted by Gasteiger charge is -2.13. The summed E-state index contributed by atoms with van der Waals surface area (Å²) in [5.74, 6) is -0.173. The Labute approximate surface area is 121 Å². The van der Waals surface area contributed by atoms with Crippen molar-refractivity contribution in [2.45, 2.75) is 13.0 Å². The van der Waals surface area contributed by atoms with Gasteiger partial charge in [-0.05, 0) is 13.0 Å². The van der Waals surface area contributed by atoms with E-state index in [1.165, 1.54) is 18.3 Å². The third-order valence-corrected chi connectivity index (χ3v) is 3.99. The maximum atomic E-state index is 11.8. The van der Waals surface area contributed by atoms with E-state index in [1.807, 2.05) is 0 Å². The Bertz CT molecular complexity index is 464. The highest BCUT2D eigenvalue weighted by molar-refractivity contribution is 7.12. The fraction of sp³-hybridized carbons (Fsp3) is 0.500. The van der Waals surface area contributed by atoms with E-state index in [9.17, 15) is 14.7 Å². The number of aliphatic hydroxyl groups excluding tert-OH is 1. The molecule has 1 amide bonds. The van der Waals surface area contributed by atoms with E-state index >= 15 is 0 Å². The zero-order valence-electron chi connectivity index (χ0n) is 10.5. The molecule has 2 unspecified atom stereocenters. The summed E-state index contributed by atoms with van der Waals surface area (Å²) in [6, 6.07) is 1.60. The van der Waals surface area contributed by atoms with Crippen molar-refractivity contribution >= 4 is 35.4 Å². The van der Waals surface area contributed by atoms with Crippen LogP contribution in [0.5, 0.6) is 0 Å². The second kappa shape index (κ2) is 7.00. The Hall–Kier alpha value is -0.950. The zero-order chi connectivity index (χ0) is 13.1. The summed E-state index contributed by atoms with van der Waals surface area (Å²) in [5, 5.41) is 17.1. The monoisotopic (exact) mass is 304 g/mol. The fourth-order valence-electron chi connectivity index (χ4n) is 1.88. The molecule has 0 bridgehead atoms. The molecule has 5 nitrogen and oxygen atoms in total. The molecule has 0 spiro atoms. The lowest BCUT2D eigenvalue weighted by atomic mass is 10.1. The maximum Gasteiger partial charge on any atom is 0.261 e. The summed E-state index contributed by atoms with van der Waals surface area (Å²) in [4.78, 5) is 23.5. The van der Waals surface area contributed by atoms with Crippen LogP contribution in [0.3, 0.4) is 0 Å². The number of β-amino-alcohol motifs (C(OH)–C–C–N with tert-alkyl or cyclic N) is 1. The van der Waals surface area contributed by atoms with Gasteiger partial charge in [0.05, 0.1) is 11.0 Å². The van der Waals surface area contributed by atoms with Crippen LogP contribution in [0, 0.1) is 5.92 Å². The minimum absolute atomic E-state index is 0. The zero-order valence-corrected chi connectivity index (χ0v) is 12.1. The van der Waals surface area contributed by atoms with Gasteiger partial charge in [0.1, 0.15) is 0 Å². The van der Waals surface area contributed by atoms with Crippen LogP contribution >= 0.6 is 23.7 Å². The number of hydrogen-bond donors (Lipinski definition) is 3. The largest absolute Gasteiger partial charge is 0.391 e. The van der Waals surface area contributed by atoms with Crippen LogP contribution in [0.15, 0.2) is 11.4 Å². The van der Waals surface area contributed by atoms with Crippen LogP contribution in [-0.2, 0) is 0 Å². The Morgan fingerprint density at radius 3 is 2.79 bits per heavy atom. The van der Waals surface area contributed by atoms with Crippen LogP contribution < -0.4 is 10.6 Å². The second-order valence-electron chi connectivity index (χ2n) is 4.45. The smallest absolute Gasteiger partial charge is 0.261 e. The number of rotatable bonds is 4. The van der Waals surface area contributed by atoms with E-state index in [0.717, 1.165) is 0 Å². The van der Waals surface area contributed by atoms with E-state index in [-0.39, 0.29) is 30.0 Å². The standard InChI is InChI=1S/C12H16N2O3S.ClH/c1-7(15)8-2-11(18-6-8)12(17)14-4-9-3-13-5-10(9)16;/h2,6,9-10,13,16H,3-5H2,1H3,(H,14,17);1H. The first-order chi connectivity index (χ1) is 8.58. The summed E-state index contributed by atoms with van der Waals surface area (Å²) < 4.78 is 0. The molecule has 0 radical (unpaired) electrons. The molecule has 2 rings (SSSR count). The molecule has 106 valence electrons. The first kappa shape index (κ1) is 16.1. The van der Waals surface area contributed by atoms with E-state index in [2.05, 4.69) is 10.6 Å². The van der Waals surface area contributed by atoms with Gasteiger partial charge in [0.2, 0.25) is 0 Å². The molecule has 19 heavy (non-hydrogen) atoms. The highest BCUT2D eigenvalue weighted by Gasteiger charge is 2.25. The van der Waals surface area contributed by atoms with Gasteiger partial charge >= 0.3 is 0 Å². The Balaban J connectivity index is 0.00000180.